The lowest BCUT2D eigenvalue weighted by Gasteiger charge is -2.14. The summed E-state index contributed by atoms with van der Waals surface area (Å²) in [6, 6.07) is -0.0784. The largest absolute Gasteiger partial charge is 0.356 e. The van der Waals surface area contributed by atoms with E-state index >= 15 is 0 Å². The normalized spacial score (nSPS) is 15.0. The molecule has 0 aromatic carbocycles. The molecule has 0 spiro atoms. The van der Waals surface area contributed by atoms with E-state index in [2.05, 4.69) is 5.32 Å². The molecule has 2 unspecified atom stereocenters. The van der Waals surface area contributed by atoms with Crippen LogP contribution in [-0.2, 0) is 15.6 Å². The highest BCUT2D eigenvalue weighted by molar-refractivity contribution is 7.84. The molecule has 0 radical (unpaired) electrons. The zero-order valence-corrected chi connectivity index (χ0v) is 10.6. The van der Waals surface area contributed by atoms with Gasteiger partial charge in [-0.3, -0.25) is 9.00 Å². The lowest BCUT2D eigenvalue weighted by molar-refractivity contribution is -0.121. The Bertz CT molecular complexity index is 219. The SMILES string of the molecule is CC(C)C(N)CC(=O)NCCCS(C)=O. The van der Waals surface area contributed by atoms with Gasteiger partial charge in [-0.15, -0.1) is 0 Å². The van der Waals surface area contributed by atoms with Crippen molar-refractivity contribution in [1.29, 1.82) is 0 Å². The molecule has 0 heterocycles. The Labute approximate surface area is 94.4 Å². The van der Waals surface area contributed by atoms with Crippen LogP contribution in [0.1, 0.15) is 26.7 Å². The first kappa shape index (κ1) is 14.6. The summed E-state index contributed by atoms with van der Waals surface area (Å²) < 4.78 is 10.7. The van der Waals surface area contributed by atoms with Crippen LogP contribution in [0.25, 0.3) is 0 Å². The van der Waals surface area contributed by atoms with Crippen LogP contribution in [0, 0.1) is 5.92 Å². The molecule has 0 aliphatic rings. The molecule has 15 heavy (non-hydrogen) atoms. The standard InChI is InChI=1S/C10H22N2O2S/c1-8(2)9(11)7-10(13)12-5-4-6-15(3)14/h8-9H,4-7,11H2,1-3H3,(H,12,13). The van der Waals surface area contributed by atoms with Gasteiger partial charge in [0.05, 0.1) is 0 Å². The molecule has 0 aliphatic carbocycles. The van der Waals surface area contributed by atoms with Crippen LogP contribution in [-0.4, -0.2) is 34.7 Å². The van der Waals surface area contributed by atoms with Crippen LogP contribution in [0.4, 0.5) is 0 Å². The first-order chi connectivity index (χ1) is 6.93. The zero-order valence-electron chi connectivity index (χ0n) is 9.79. The summed E-state index contributed by atoms with van der Waals surface area (Å²) in [5, 5.41) is 2.77. The Morgan fingerprint density at radius 3 is 2.53 bits per heavy atom. The highest BCUT2D eigenvalue weighted by Gasteiger charge is 2.12. The van der Waals surface area contributed by atoms with Gasteiger partial charge in [-0.25, -0.2) is 0 Å². The molecule has 0 saturated heterocycles. The lowest BCUT2D eigenvalue weighted by Crippen LogP contribution is -2.35. The van der Waals surface area contributed by atoms with Crippen molar-refractivity contribution in [2.45, 2.75) is 32.7 Å². The van der Waals surface area contributed by atoms with Crippen LogP contribution in [0.3, 0.4) is 0 Å². The van der Waals surface area contributed by atoms with Crippen LogP contribution in [0.2, 0.25) is 0 Å². The van der Waals surface area contributed by atoms with E-state index in [1.165, 1.54) is 0 Å². The van der Waals surface area contributed by atoms with Gasteiger partial charge in [0.25, 0.3) is 0 Å². The van der Waals surface area contributed by atoms with E-state index in [1.54, 1.807) is 6.26 Å². The van der Waals surface area contributed by atoms with E-state index < -0.39 is 10.8 Å². The fourth-order valence-electron chi connectivity index (χ4n) is 1.03. The molecule has 0 bridgehead atoms. The van der Waals surface area contributed by atoms with Crippen molar-refractivity contribution in [3.8, 4) is 0 Å². The predicted molar refractivity (Wildman–Crippen MR) is 64.0 cm³/mol. The molecule has 3 N–H and O–H groups in total. The average molecular weight is 234 g/mol. The molecule has 0 aromatic rings. The minimum atomic E-state index is -0.774. The van der Waals surface area contributed by atoms with Crippen molar-refractivity contribution in [3.63, 3.8) is 0 Å². The van der Waals surface area contributed by atoms with E-state index in [-0.39, 0.29) is 11.9 Å². The minimum Gasteiger partial charge on any atom is -0.356 e. The Hall–Kier alpha value is -0.420. The van der Waals surface area contributed by atoms with E-state index in [0.717, 1.165) is 6.42 Å². The first-order valence-electron chi connectivity index (χ1n) is 5.25. The van der Waals surface area contributed by atoms with E-state index in [1.807, 2.05) is 13.8 Å². The van der Waals surface area contributed by atoms with Gasteiger partial charge in [-0.2, -0.15) is 0 Å². The number of nitrogens with two attached hydrogens (primary N) is 1. The summed E-state index contributed by atoms with van der Waals surface area (Å²) in [4.78, 5) is 11.3. The van der Waals surface area contributed by atoms with Gasteiger partial charge in [0.2, 0.25) is 5.91 Å². The third-order valence-corrected chi connectivity index (χ3v) is 3.07. The van der Waals surface area contributed by atoms with Gasteiger partial charge < -0.3 is 11.1 Å². The fraction of sp³-hybridized carbons (Fsp3) is 0.900. The summed E-state index contributed by atoms with van der Waals surface area (Å²) in [6.07, 6.45) is 2.79. The van der Waals surface area contributed by atoms with Crippen LogP contribution in [0.5, 0.6) is 0 Å². The number of carbonyl (C=O) groups excluding carboxylic acids is 1. The average Bonchev–Trinajstić information content (AvgIpc) is 2.12. The number of hydrogen-bond acceptors (Lipinski definition) is 3. The molecule has 2 atom stereocenters. The summed E-state index contributed by atoms with van der Waals surface area (Å²) >= 11 is 0. The fourth-order valence-corrected chi connectivity index (χ4v) is 1.58. The second kappa shape index (κ2) is 7.82. The molecule has 90 valence electrons. The molecule has 0 saturated carbocycles. The van der Waals surface area contributed by atoms with Gasteiger partial charge in [0.15, 0.2) is 0 Å². The predicted octanol–water partition coefficient (Wildman–Crippen LogP) is 0.245. The van der Waals surface area contributed by atoms with Crippen molar-refractivity contribution in [3.05, 3.63) is 0 Å². The Kier molecular flexibility index (Phi) is 7.60. The molecule has 1 amide bonds. The smallest absolute Gasteiger partial charge is 0.221 e. The minimum absolute atomic E-state index is 0.0157. The highest BCUT2D eigenvalue weighted by atomic mass is 32.2. The number of nitrogens with one attached hydrogen (secondary N) is 1. The van der Waals surface area contributed by atoms with Crippen molar-refractivity contribution >= 4 is 16.7 Å². The Morgan fingerprint density at radius 1 is 1.47 bits per heavy atom. The molecular weight excluding hydrogens is 212 g/mol. The maximum Gasteiger partial charge on any atom is 0.221 e. The van der Waals surface area contributed by atoms with E-state index in [9.17, 15) is 9.00 Å². The van der Waals surface area contributed by atoms with Crippen molar-refractivity contribution in [2.75, 3.05) is 18.6 Å². The molecule has 4 nitrogen and oxygen atoms in total. The van der Waals surface area contributed by atoms with Gasteiger partial charge in [-0.05, 0) is 12.3 Å². The number of carbonyl (C=O) groups is 1. The highest BCUT2D eigenvalue weighted by Crippen LogP contribution is 2.02. The molecular formula is C10H22N2O2S. The number of rotatable bonds is 7. The Balaban J connectivity index is 3.53. The van der Waals surface area contributed by atoms with Gasteiger partial charge in [0, 0.05) is 41.8 Å². The maximum absolute atomic E-state index is 11.3. The van der Waals surface area contributed by atoms with Crippen molar-refractivity contribution < 1.29 is 9.00 Å². The molecule has 0 rings (SSSR count). The van der Waals surface area contributed by atoms with Gasteiger partial charge in [-0.1, -0.05) is 13.8 Å². The molecule has 0 aliphatic heterocycles. The van der Waals surface area contributed by atoms with E-state index in [4.69, 9.17) is 5.73 Å². The molecule has 0 aromatic heterocycles. The summed E-state index contributed by atoms with van der Waals surface area (Å²) in [5.41, 5.74) is 5.76. The maximum atomic E-state index is 11.3. The van der Waals surface area contributed by atoms with Gasteiger partial charge in [0.1, 0.15) is 0 Å². The van der Waals surface area contributed by atoms with Gasteiger partial charge >= 0.3 is 0 Å². The van der Waals surface area contributed by atoms with E-state index in [0.29, 0.717) is 24.6 Å². The first-order valence-corrected chi connectivity index (χ1v) is 6.98. The number of amides is 1. The lowest BCUT2D eigenvalue weighted by atomic mass is 10.0. The third-order valence-electron chi connectivity index (χ3n) is 2.21. The summed E-state index contributed by atoms with van der Waals surface area (Å²) in [7, 11) is -0.774. The monoisotopic (exact) mass is 234 g/mol. The Morgan fingerprint density at radius 2 is 2.07 bits per heavy atom. The quantitative estimate of drug-likeness (QED) is 0.620. The summed E-state index contributed by atoms with van der Waals surface area (Å²) in [6.45, 7) is 4.58. The van der Waals surface area contributed by atoms with Crippen LogP contribution in [0.15, 0.2) is 0 Å². The zero-order chi connectivity index (χ0) is 11.8. The summed E-state index contributed by atoms with van der Waals surface area (Å²) in [5.74, 6) is 0.938. The molecule has 0 fully saturated rings. The molecule has 5 heteroatoms. The second-order valence-electron chi connectivity index (χ2n) is 4.09. The number of hydrogen-bond donors (Lipinski definition) is 2. The third kappa shape index (κ3) is 8.57. The van der Waals surface area contributed by atoms with Crippen molar-refractivity contribution in [2.24, 2.45) is 11.7 Å². The second-order valence-corrected chi connectivity index (χ2v) is 5.65. The van der Waals surface area contributed by atoms with Crippen molar-refractivity contribution in [1.82, 2.24) is 5.32 Å². The van der Waals surface area contributed by atoms with Crippen LogP contribution >= 0.6 is 0 Å². The van der Waals surface area contributed by atoms with Crippen LogP contribution < -0.4 is 11.1 Å². The topological polar surface area (TPSA) is 72.2 Å².